The molecule has 7 heteroatoms. The highest BCUT2D eigenvalue weighted by Gasteiger charge is 2.33. The first kappa shape index (κ1) is 25.2. The van der Waals surface area contributed by atoms with Gasteiger partial charge in [-0.2, -0.15) is 0 Å². The summed E-state index contributed by atoms with van der Waals surface area (Å²) in [6.45, 7) is 7.02. The Kier molecular flexibility index (Phi) is 8.33. The Balaban J connectivity index is 1.23. The maximum atomic E-state index is 13.7. The highest BCUT2D eigenvalue weighted by molar-refractivity contribution is 5.95. The Morgan fingerprint density at radius 1 is 1.00 bits per heavy atom. The first-order valence-corrected chi connectivity index (χ1v) is 13.3. The highest BCUT2D eigenvalue weighted by Crippen LogP contribution is 2.29. The largest absolute Gasteiger partial charge is 0.497 e. The SMILES string of the molecule is COc1cccc(NC(=O)C(c2ccccc2)N2CCCC(CN3CCN(c4ccccn4)CC3)C2)c1. The molecule has 0 spiro atoms. The van der Waals surface area contributed by atoms with E-state index in [1.807, 2.05) is 54.7 Å². The maximum absolute atomic E-state index is 13.7. The minimum Gasteiger partial charge on any atom is -0.497 e. The van der Waals surface area contributed by atoms with Crippen LogP contribution in [-0.2, 0) is 4.79 Å². The fraction of sp³-hybridized carbons (Fsp3) is 0.400. The number of pyridine rings is 1. The van der Waals surface area contributed by atoms with Crippen LogP contribution in [0.3, 0.4) is 0 Å². The summed E-state index contributed by atoms with van der Waals surface area (Å²) in [5, 5.41) is 3.15. The molecule has 0 radical (unpaired) electrons. The van der Waals surface area contributed by atoms with Crippen LogP contribution in [0, 0.1) is 5.92 Å². The molecule has 2 aliphatic rings. The Morgan fingerprint density at radius 2 is 1.81 bits per heavy atom. The van der Waals surface area contributed by atoms with Gasteiger partial charge < -0.3 is 15.0 Å². The van der Waals surface area contributed by atoms with Crippen molar-refractivity contribution in [1.82, 2.24) is 14.8 Å². The van der Waals surface area contributed by atoms with Crippen molar-refractivity contribution < 1.29 is 9.53 Å². The van der Waals surface area contributed by atoms with Crippen molar-refractivity contribution in [3.8, 4) is 5.75 Å². The van der Waals surface area contributed by atoms with Gasteiger partial charge in [-0.05, 0) is 55.1 Å². The Morgan fingerprint density at radius 3 is 2.57 bits per heavy atom. The summed E-state index contributed by atoms with van der Waals surface area (Å²) in [7, 11) is 1.64. The number of methoxy groups -OCH3 is 1. The van der Waals surface area contributed by atoms with Crippen LogP contribution < -0.4 is 15.0 Å². The van der Waals surface area contributed by atoms with Gasteiger partial charge in [0.05, 0.1) is 7.11 Å². The molecule has 2 saturated heterocycles. The number of carbonyl (C=O) groups excluding carboxylic acids is 1. The molecule has 2 atom stereocenters. The van der Waals surface area contributed by atoms with E-state index in [2.05, 4.69) is 49.3 Å². The molecule has 37 heavy (non-hydrogen) atoms. The number of nitrogens with zero attached hydrogens (tertiary/aromatic N) is 4. The average Bonchev–Trinajstić information content (AvgIpc) is 2.95. The van der Waals surface area contributed by atoms with Crippen LogP contribution in [0.2, 0.25) is 0 Å². The number of hydrogen-bond donors (Lipinski definition) is 1. The van der Waals surface area contributed by atoms with Crippen LogP contribution >= 0.6 is 0 Å². The summed E-state index contributed by atoms with van der Waals surface area (Å²) in [6.07, 6.45) is 4.18. The Bertz CT molecular complexity index is 1130. The molecule has 2 fully saturated rings. The van der Waals surface area contributed by atoms with Crippen molar-refractivity contribution in [3.63, 3.8) is 0 Å². The fourth-order valence-corrected chi connectivity index (χ4v) is 5.62. The predicted octanol–water partition coefficient (Wildman–Crippen LogP) is 4.30. The third-order valence-corrected chi connectivity index (χ3v) is 7.48. The van der Waals surface area contributed by atoms with Crippen molar-refractivity contribution in [2.75, 3.05) is 63.1 Å². The number of anilines is 2. The van der Waals surface area contributed by atoms with E-state index in [0.29, 0.717) is 5.92 Å². The standard InChI is InChI=1S/C30H37N5O2/c1-37-27-13-7-12-26(21-27)32-30(36)29(25-10-3-2-4-11-25)35-16-8-9-24(23-35)22-33-17-19-34(20-18-33)28-14-5-6-15-31-28/h2-7,10-15,21,24,29H,8-9,16-20,22-23H2,1H3,(H,32,36). The highest BCUT2D eigenvalue weighted by atomic mass is 16.5. The number of ether oxygens (including phenoxy) is 1. The second kappa shape index (κ2) is 12.2. The Labute approximate surface area is 220 Å². The first-order chi connectivity index (χ1) is 18.2. The van der Waals surface area contributed by atoms with E-state index >= 15 is 0 Å². The summed E-state index contributed by atoms with van der Waals surface area (Å²) < 4.78 is 5.34. The van der Waals surface area contributed by atoms with Crippen molar-refractivity contribution in [2.24, 2.45) is 5.92 Å². The lowest BCUT2D eigenvalue weighted by Gasteiger charge is -2.41. The molecule has 3 aromatic rings. The number of amides is 1. The van der Waals surface area contributed by atoms with E-state index < -0.39 is 0 Å². The monoisotopic (exact) mass is 499 g/mol. The van der Waals surface area contributed by atoms with E-state index in [0.717, 1.165) is 75.1 Å². The van der Waals surface area contributed by atoms with E-state index in [4.69, 9.17) is 4.74 Å². The molecule has 0 saturated carbocycles. The normalized spacial score (nSPS) is 19.8. The van der Waals surface area contributed by atoms with Crippen LogP contribution in [0.1, 0.15) is 24.4 Å². The van der Waals surface area contributed by atoms with E-state index in [1.165, 1.54) is 6.42 Å². The molecule has 1 N–H and O–H groups in total. The van der Waals surface area contributed by atoms with E-state index in [-0.39, 0.29) is 11.9 Å². The van der Waals surface area contributed by atoms with E-state index in [1.54, 1.807) is 7.11 Å². The molecule has 2 aromatic carbocycles. The molecule has 5 rings (SSSR count). The van der Waals surface area contributed by atoms with Gasteiger partial charge in [-0.3, -0.25) is 14.6 Å². The fourth-order valence-electron chi connectivity index (χ4n) is 5.62. The number of benzene rings is 2. The number of piperazine rings is 1. The first-order valence-electron chi connectivity index (χ1n) is 13.3. The smallest absolute Gasteiger partial charge is 0.246 e. The zero-order valence-electron chi connectivity index (χ0n) is 21.6. The lowest BCUT2D eigenvalue weighted by Crippen LogP contribution is -2.50. The molecular formula is C30H37N5O2. The van der Waals surface area contributed by atoms with Crippen molar-refractivity contribution in [3.05, 3.63) is 84.6 Å². The third-order valence-electron chi connectivity index (χ3n) is 7.48. The van der Waals surface area contributed by atoms with Crippen LogP contribution in [0.4, 0.5) is 11.5 Å². The molecule has 2 aliphatic heterocycles. The second-order valence-corrected chi connectivity index (χ2v) is 10.0. The van der Waals surface area contributed by atoms with Gasteiger partial charge in [-0.25, -0.2) is 4.98 Å². The van der Waals surface area contributed by atoms with Crippen molar-refractivity contribution in [2.45, 2.75) is 18.9 Å². The minimum atomic E-state index is -0.323. The maximum Gasteiger partial charge on any atom is 0.246 e. The quantitative estimate of drug-likeness (QED) is 0.499. The van der Waals surface area contributed by atoms with Gasteiger partial charge in [0, 0.05) is 57.2 Å². The van der Waals surface area contributed by atoms with Gasteiger partial charge in [0.1, 0.15) is 17.6 Å². The van der Waals surface area contributed by atoms with Gasteiger partial charge >= 0.3 is 0 Å². The van der Waals surface area contributed by atoms with E-state index in [9.17, 15) is 4.79 Å². The summed E-state index contributed by atoms with van der Waals surface area (Å²) in [4.78, 5) is 25.5. The minimum absolute atomic E-state index is 0.00378. The van der Waals surface area contributed by atoms with Gasteiger partial charge in [0.15, 0.2) is 0 Å². The lowest BCUT2D eigenvalue weighted by atomic mass is 9.93. The predicted molar refractivity (Wildman–Crippen MR) is 148 cm³/mol. The zero-order valence-corrected chi connectivity index (χ0v) is 21.6. The summed E-state index contributed by atoms with van der Waals surface area (Å²) >= 11 is 0. The van der Waals surface area contributed by atoms with Gasteiger partial charge in [0.25, 0.3) is 0 Å². The summed E-state index contributed by atoms with van der Waals surface area (Å²) in [5.41, 5.74) is 1.79. The number of nitrogens with one attached hydrogen (secondary N) is 1. The average molecular weight is 500 g/mol. The van der Waals surface area contributed by atoms with Gasteiger partial charge in [-0.15, -0.1) is 0 Å². The van der Waals surface area contributed by atoms with Crippen LogP contribution in [-0.4, -0.2) is 73.6 Å². The zero-order chi connectivity index (χ0) is 25.5. The number of hydrogen-bond acceptors (Lipinski definition) is 6. The molecule has 0 bridgehead atoms. The topological polar surface area (TPSA) is 60.9 Å². The van der Waals surface area contributed by atoms with Crippen LogP contribution in [0.5, 0.6) is 5.75 Å². The van der Waals surface area contributed by atoms with Gasteiger partial charge in [-0.1, -0.05) is 42.5 Å². The number of aromatic nitrogens is 1. The molecule has 1 amide bonds. The van der Waals surface area contributed by atoms with Crippen molar-refractivity contribution >= 4 is 17.4 Å². The molecule has 0 aliphatic carbocycles. The third kappa shape index (κ3) is 6.48. The van der Waals surface area contributed by atoms with Crippen LogP contribution in [0.15, 0.2) is 79.0 Å². The molecule has 7 nitrogen and oxygen atoms in total. The lowest BCUT2D eigenvalue weighted by molar-refractivity contribution is -0.122. The molecular weight excluding hydrogens is 462 g/mol. The summed E-state index contributed by atoms with van der Waals surface area (Å²) in [6, 6.07) is 23.5. The molecule has 1 aromatic heterocycles. The number of carbonyl (C=O) groups is 1. The Hall–Kier alpha value is -3.42. The molecule has 2 unspecified atom stereocenters. The van der Waals surface area contributed by atoms with Gasteiger partial charge in [0.2, 0.25) is 5.91 Å². The molecule has 194 valence electrons. The number of piperidine rings is 1. The summed E-state index contributed by atoms with van der Waals surface area (Å²) in [5.74, 6) is 2.35. The molecule has 3 heterocycles. The number of likely N-dealkylation sites (tertiary alicyclic amines) is 1. The van der Waals surface area contributed by atoms with Crippen molar-refractivity contribution in [1.29, 1.82) is 0 Å². The van der Waals surface area contributed by atoms with Crippen LogP contribution in [0.25, 0.3) is 0 Å². The number of rotatable bonds is 8. The second-order valence-electron chi connectivity index (χ2n) is 10.0.